The van der Waals surface area contributed by atoms with E-state index >= 15 is 0 Å². The minimum Gasteiger partial charge on any atom is -0.481 e. The van der Waals surface area contributed by atoms with Crippen LogP contribution in [0.15, 0.2) is 24.3 Å². The first-order valence-corrected chi connectivity index (χ1v) is 7.79. The smallest absolute Gasteiger partial charge is 0.319 e. The standard InChI is InChI=1S/C15H21IN2O3/c1-15(2,3)9-10(8-13(19)20)17-14(21)18-12-7-5-4-6-11(12)16/h4-7,10H,8-9H2,1-3H3,(H,19,20)(H2,17,18,21). The number of benzene rings is 1. The molecule has 1 aromatic carbocycles. The summed E-state index contributed by atoms with van der Waals surface area (Å²) in [7, 11) is 0. The number of hydrogen-bond donors (Lipinski definition) is 3. The van der Waals surface area contributed by atoms with Crippen LogP contribution in [0.25, 0.3) is 0 Å². The molecule has 116 valence electrons. The van der Waals surface area contributed by atoms with Crippen LogP contribution in [0, 0.1) is 8.99 Å². The zero-order valence-corrected chi connectivity index (χ0v) is 14.6. The molecule has 1 aromatic rings. The van der Waals surface area contributed by atoms with Gasteiger partial charge in [0.25, 0.3) is 0 Å². The topological polar surface area (TPSA) is 78.4 Å². The van der Waals surface area contributed by atoms with Gasteiger partial charge in [-0.25, -0.2) is 4.79 Å². The normalized spacial score (nSPS) is 12.6. The van der Waals surface area contributed by atoms with Crippen LogP contribution in [0.3, 0.4) is 0 Å². The van der Waals surface area contributed by atoms with Crippen molar-refractivity contribution >= 4 is 40.3 Å². The summed E-state index contributed by atoms with van der Waals surface area (Å²) in [5.41, 5.74) is 0.648. The molecule has 0 saturated heterocycles. The molecular formula is C15H21IN2O3. The molecule has 1 atom stereocenters. The molecule has 0 aliphatic rings. The van der Waals surface area contributed by atoms with Crippen LogP contribution in [-0.2, 0) is 4.79 Å². The van der Waals surface area contributed by atoms with Crippen molar-refractivity contribution in [2.45, 2.75) is 39.7 Å². The minimum absolute atomic E-state index is 0.0609. The molecule has 0 heterocycles. The van der Waals surface area contributed by atoms with Crippen LogP contribution in [0.1, 0.15) is 33.6 Å². The van der Waals surface area contributed by atoms with Crippen molar-refractivity contribution in [1.82, 2.24) is 5.32 Å². The van der Waals surface area contributed by atoms with Gasteiger partial charge in [0, 0.05) is 9.61 Å². The average Bonchev–Trinajstić information content (AvgIpc) is 2.28. The lowest BCUT2D eigenvalue weighted by Gasteiger charge is -2.26. The first kappa shape index (κ1) is 17.7. The van der Waals surface area contributed by atoms with Gasteiger partial charge in [0.15, 0.2) is 0 Å². The molecule has 6 heteroatoms. The molecule has 21 heavy (non-hydrogen) atoms. The third-order valence-corrected chi connectivity index (χ3v) is 3.68. The predicted molar refractivity (Wildman–Crippen MR) is 91.4 cm³/mol. The maximum absolute atomic E-state index is 12.0. The van der Waals surface area contributed by atoms with Gasteiger partial charge in [-0.05, 0) is 46.6 Å². The molecule has 0 radical (unpaired) electrons. The number of aliphatic carboxylic acids is 1. The molecule has 2 amide bonds. The van der Waals surface area contributed by atoms with Gasteiger partial charge in [-0.1, -0.05) is 32.9 Å². The van der Waals surface area contributed by atoms with Crippen LogP contribution >= 0.6 is 22.6 Å². The van der Waals surface area contributed by atoms with E-state index in [1.807, 2.05) is 39.0 Å². The van der Waals surface area contributed by atoms with Gasteiger partial charge in [0.05, 0.1) is 12.1 Å². The zero-order chi connectivity index (χ0) is 16.0. The van der Waals surface area contributed by atoms with E-state index in [2.05, 4.69) is 33.2 Å². The number of halogens is 1. The van der Waals surface area contributed by atoms with E-state index in [9.17, 15) is 9.59 Å². The molecule has 0 saturated carbocycles. The van der Waals surface area contributed by atoms with E-state index in [1.54, 1.807) is 6.07 Å². The zero-order valence-electron chi connectivity index (χ0n) is 12.4. The molecule has 0 spiro atoms. The highest BCUT2D eigenvalue weighted by Gasteiger charge is 2.22. The molecule has 0 aliphatic carbocycles. The summed E-state index contributed by atoms with van der Waals surface area (Å²) >= 11 is 2.13. The third-order valence-electron chi connectivity index (χ3n) is 2.74. The summed E-state index contributed by atoms with van der Waals surface area (Å²) in [6.07, 6.45) is 0.509. The van der Waals surface area contributed by atoms with Gasteiger partial charge < -0.3 is 15.7 Å². The van der Waals surface area contributed by atoms with E-state index in [1.165, 1.54) is 0 Å². The number of nitrogens with one attached hydrogen (secondary N) is 2. The summed E-state index contributed by atoms with van der Waals surface area (Å²) in [5.74, 6) is -0.918. The highest BCUT2D eigenvalue weighted by Crippen LogP contribution is 2.22. The van der Waals surface area contributed by atoms with Crippen molar-refractivity contribution in [2.75, 3.05) is 5.32 Å². The average molecular weight is 404 g/mol. The van der Waals surface area contributed by atoms with Crippen molar-refractivity contribution in [3.05, 3.63) is 27.8 Å². The Kier molecular flexibility index (Phi) is 6.44. The van der Waals surface area contributed by atoms with Gasteiger partial charge in [-0.15, -0.1) is 0 Å². The molecule has 1 unspecified atom stereocenters. The Labute approximate surface area is 138 Å². The van der Waals surface area contributed by atoms with Crippen molar-refractivity contribution in [3.63, 3.8) is 0 Å². The number of hydrogen-bond acceptors (Lipinski definition) is 2. The molecule has 0 bridgehead atoms. The van der Waals surface area contributed by atoms with Crippen LogP contribution in [0.5, 0.6) is 0 Å². The van der Waals surface area contributed by atoms with E-state index in [-0.39, 0.29) is 17.9 Å². The van der Waals surface area contributed by atoms with Gasteiger partial charge in [-0.2, -0.15) is 0 Å². The maximum Gasteiger partial charge on any atom is 0.319 e. The number of rotatable bonds is 5. The van der Waals surface area contributed by atoms with E-state index in [0.29, 0.717) is 12.1 Å². The maximum atomic E-state index is 12.0. The van der Waals surface area contributed by atoms with Crippen molar-refractivity contribution in [3.8, 4) is 0 Å². The fraction of sp³-hybridized carbons (Fsp3) is 0.467. The van der Waals surface area contributed by atoms with Crippen molar-refractivity contribution in [1.29, 1.82) is 0 Å². The molecule has 5 nitrogen and oxygen atoms in total. The SMILES string of the molecule is CC(C)(C)CC(CC(=O)O)NC(=O)Nc1ccccc1I. The van der Waals surface area contributed by atoms with Crippen LogP contribution in [-0.4, -0.2) is 23.1 Å². The van der Waals surface area contributed by atoms with Crippen LogP contribution in [0.2, 0.25) is 0 Å². The highest BCUT2D eigenvalue weighted by atomic mass is 127. The Hall–Kier alpha value is -1.31. The summed E-state index contributed by atoms with van der Waals surface area (Å²) in [6, 6.07) is 6.63. The molecule has 1 rings (SSSR count). The number of anilines is 1. The Bertz CT molecular complexity index is 512. The second-order valence-electron chi connectivity index (χ2n) is 6.14. The lowest BCUT2D eigenvalue weighted by Crippen LogP contribution is -2.41. The number of para-hydroxylation sites is 1. The molecular weight excluding hydrogens is 383 g/mol. The van der Waals surface area contributed by atoms with E-state index in [0.717, 1.165) is 3.57 Å². The summed E-state index contributed by atoms with van der Waals surface area (Å²) < 4.78 is 0.927. The third kappa shape index (κ3) is 7.31. The molecule has 0 aliphatic heterocycles. The fourth-order valence-electron chi connectivity index (χ4n) is 2.03. The predicted octanol–water partition coefficient (Wildman–Crippen LogP) is 3.69. The van der Waals surface area contributed by atoms with Crippen LogP contribution in [0.4, 0.5) is 10.5 Å². The highest BCUT2D eigenvalue weighted by molar-refractivity contribution is 14.1. The van der Waals surface area contributed by atoms with E-state index in [4.69, 9.17) is 5.11 Å². The van der Waals surface area contributed by atoms with Gasteiger partial charge in [0.1, 0.15) is 0 Å². The molecule has 0 fully saturated rings. The first-order valence-electron chi connectivity index (χ1n) is 6.71. The number of carbonyl (C=O) groups excluding carboxylic acids is 1. The van der Waals surface area contributed by atoms with Crippen LogP contribution < -0.4 is 10.6 Å². The number of carboxylic acids is 1. The largest absolute Gasteiger partial charge is 0.481 e. The summed E-state index contributed by atoms with van der Waals surface area (Å²) in [6.45, 7) is 6.05. The number of amides is 2. The van der Waals surface area contributed by atoms with Gasteiger partial charge in [-0.3, -0.25) is 4.79 Å². The molecule has 3 N–H and O–H groups in total. The Morgan fingerprint density at radius 3 is 2.43 bits per heavy atom. The lowest BCUT2D eigenvalue weighted by atomic mass is 9.87. The Balaban J connectivity index is 2.67. The van der Waals surface area contributed by atoms with E-state index < -0.39 is 12.0 Å². The monoisotopic (exact) mass is 404 g/mol. The van der Waals surface area contributed by atoms with Crippen molar-refractivity contribution in [2.24, 2.45) is 5.41 Å². The summed E-state index contributed by atoms with van der Waals surface area (Å²) in [4.78, 5) is 22.9. The Morgan fingerprint density at radius 1 is 1.29 bits per heavy atom. The number of urea groups is 1. The minimum atomic E-state index is -0.918. The van der Waals surface area contributed by atoms with Gasteiger partial charge in [0.2, 0.25) is 0 Å². The first-order chi connectivity index (χ1) is 9.67. The second-order valence-corrected chi connectivity index (χ2v) is 7.30. The quantitative estimate of drug-likeness (QED) is 0.655. The van der Waals surface area contributed by atoms with Crippen molar-refractivity contribution < 1.29 is 14.7 Å². The Morgan fingerprint density at radius 2 is 1.90 bits per heavy atom. The lowest BCUT2D eigenvalue weighted by molar-refractivity contribution is -0.137. The molecule has 0 aromatic heterocycles. The number of carboxylic acid groups (broad SMARTS) is 1. The van der Waals surface area contributed by atoms with Gasteiger partial charge >= 0.3 is 12.0 Å². The number of carbonyl (C=O) groups is 2. The summed E-state index contributed by atoms with van der Waals surface area (Å²) in [5, 5.41) is 14.5. The second kappa shape index (κ2) is 7.63. The fourth-order valence-corrected chi connectivity index (χ4v) is 2.55.